The SMILES string of the molecule is CSCC[C@@H](N)C(=O)NC(c1cccs1)C1CCCC1. The third-order valence-corrected chi connectivity index (χ3v) is 5.59. The van der Waals surface area contributed by atoms with Crippen molar-refractivity contribution in [1.29, 1.82) is 0 Å². The Hall–Kier alpha value is -0.520. The second kappa shape index (κ2) is 8.05. The summed E-state index contributed by atoms with van der Waals surface area (Å²) in [4.78, 5) is 13.5. The van der Waals surface area contributed by atoms with E-state index in [1.807, 2.05) is 6.26 Å². The molecule has 112 valence electrons. The highest BCUT2D eigenvalue weighted by atomic mass is 32.2. The van der Waals surface area contributed by atoms with E-state index in [0.29, 0.717) is 5.92 Å². The molecule has 1 aliphatic rings. The molecule has 2 rings (SSSR count). The molecule has 1 amide bonds. The van der Waals surface area contributed by atoms with E-state index in [1.54, 1.807) is 23.1 Å². The van der Waals surface area contributed by atoms with Crippen LogP contribution in [0.5, 0.6) is 0 Å². The molecule has 5 heteroatoms. The number of amides is 1. The van der Waals surface area contributed by atoms with Crippen molar-refractivity contribution in [2.45, 2.75) is 44.2 Å². The zero-order chi connectivity index (χ0) is 14.4. The number of carbonyl (C=O) groups excluding carboxylic acids is 1. The quantitative estimate of drug-likeness (QED) is 0.813. The number of hydrogen-bond donors (Lipinski definition) is 2. The van der Waals surface area contributed by atoms with Crippen LogP contribution >= 0.6 is 23.1 Å². The van der Waals surface area contributed by atoms with E-state index >= 15 is 0 Å². The second-order valence-electron chi connectivity index (χ2n) is 5.43. The van der Waals surface area contributed by atoms with Crippen molar-refractivity contribution < 1.29 is 4.79 Å². The number of thiophene rings is 1. The van der Waals surface area contributed by atoms with Crippen molar-refractivity contribution in [3.8, 4) is 0 Å². The molecule has 1 fully saturated rings. The molecule has 1 saturated carbocycles. The highest BCUT2D eigenvalue weighted by Crippen LogP contribution is 2.37. The summed E-state index contributed by atoms with van der Waals surface area (Å²) >= 11 is 3.46. The Labute approximate surface area is 129 Å². The van der Waals surface area contributed by atoms with Gasteiger partial charge in [0.05, 0.1) is 12.1 Å². The van der Waals surface area contributed by atoms with E-state index in [4.69, 9.17) is 5.73 Å². The van der Waals surface area contributed by atoms with Crippen molar-refractivity contribution in [2.75, 3.05) is 12.0 Å². The van der Waals surface area contributed by atoms with Crippen LogP contribution in [0.1, 0.15) is 43.0 Å². The fourth-order valence-electron chi connectivity index (χ4n) is 2.82. The molecule has 3 N–H and O–H groups in total. The van der Waals surface area contributed by atoms with Crippen LogP contribution in [0.25, 0.3) is 0 Å². The van der Waals surface area contributed by atoms with Crippen molar-refractivity contribution in [3.05, 3.63) is 22.4 Å². The van der Waals surface area contributed by atoms with Gasteiger partial charge in [0.1, 0.15) is 0 Å². The van der Waals surface area contributed by atoms with Crippen LogP contribution in [0, 0.1) is 5.92 Å². The standard InChI is InChI=1S/C15H24N2OS2/c1-19-10-8-12(16)15(18)17-14(11-5-2-3-6-11)13-7-4-9-20-13/h4,7,9,11-12,14H,2-3,5-6,8,10,16H2,1H3,(H,17,18)/t12-,14?/m1/s1. The Morgan fingerprint density at radius 3 is 2.90 bits per heavy atom. The minimum absolute atomic E-state index is 0.00403. The summed E-state index contributed by atoms with van der Waals surface area (Å²) in [5, 5.41) is 5.29. The van der Waals surface area contributed by atoms with E-state index in [0.717, 1.165) is 12.2 Å². The first-order valence-corrected chi connectivity index (χ1v) is 9.58. The van der Waals surface area contributed by atoms with Gasteiger partial charge >= 0.3 is 0 Å². The fourth-order valence-corrected chi connectivity index (χ4v) is 4.18. The smallest absolute Gasteiger partial charge is 0.237 e. The van der Waals surface area contributed by atoms with Crippen molar-refractivity contribution >= 4 is 29.0 Å². The molecule has 0 spiro atoms. The number of nitrogens with two attached hydrogens (primary N) is 1. The van der Waals surface area contributed by atoms with Gasteiger partial charge in [0.15, 0.2) is 0 Å². The summed E-state index contributed by atoms with van der Waals surface area (Å²) in [7, 11) is 0. The molecular weight excluding hydrogens is 288 g/mol. The highest BCUT2D eigenvalue weighted by molar-refractivity contribution is 7.98. The molecule has 1 heterocycles. The average molecular weight is 313 g/mol. The number of hydrogen-bond acceptors (Lipinski definition) is 4. The summed E-state index contributed by atoms with van der Waals surface area (Å²) in [6.45, 7) is 0. The normalized spacial score (nSPS) is 18.9. The van der Waals surface area contributed by atoms with Crippen molar-refractivity contribution in [2.24, 2.45) is 11.7 Å². The topological polar surface area (TPSA) is 55.1 Å². The van der Waals surface area contributed by atoms with Crippen LogP contribution < -0.4 is 11.1 Å². The van der Waals surface area contributed by atoms with Gasteiger partial charge in [-0.2, -0.15) is 11.8 Å². The molecule has 0 aromatic carbocycles. The van der Waals surface area contributed by atoms with Crippen LogP contribution in [0.3, 0.4) is 0 Å². The van der Waals surface area contributed by atoms with Gasteiger partial charge in [-0.05, 0) is 48.6 Å². The molecular formula is C15H24N2OS2. The molecule has 1 aromatic heterocycles. The summed E-state index contributed by atoms with van der Waals surface area (Å²) in [6, 6.07) is 3.96. The first kappa shape index (κ1) is 15.9. The van der Waals surface area contributed by atoms with Gasteiger partial charge in [0.25, 0.3) is 0 Å². The van der Waals surface area contributed by atoms with Crippen LogP contribution in [-0.2, 0) is 4.79 Å². The Morgan fingerprint density at radius 1 is 1.55 bits per heavy atom. The first-order valence-electron chi connectivity index (χ1n) is 7.30. The second-order valence-corrected chi connectivity index (χ2v) is 7.40. The molecule has 1 aliphatic carbocycles. The maximum absolute atomic E-state index is 12.3. The number of thioether (sulfide) groups is 1. The monoisotopic (exact) mass is 312 g/mol. The third kappa shape index (κ3) is 4.24. The predicted molar refractivity (Wildman–Crippen MR) is 88.1 cm³/mol. The lowest BCUT2D eigenvalue weighted by Gasteiger charge is -2.25. The Bertz CT molecular complexity index is 402. The molecule has 1 aromatic rings. The van der Waals surface area contributed by atoms with Gasteiger partial charge in [-0.1, -0.05) is 18.9 Å². The first-order chi connectivity index (χ1) is 9.72. The van der Waals surface area contributed by atoms with E-state index in [2.05, 4.69) is 22.8 Å². The predicted octanol–water partition coefficient (Wildman–Crippen LogP) is 3.18. The number of nitrogens with one attached hydrogen (secondary N) is 1. The van der Waals surface area contributed by atoms with Crippen molar-refractivity contribution in [3.63, 3.8) is 0 Å². The van der Waals surface area contributed by atoms with Gasteiger partial charge in [-0.3, -0.25) is 4.79 Å². The van der Waals surface area contributed by atoms with E-state index in [-0.39, 0.29) is 18.0 Å². The van der Waals surface area contributed by atoms with Crippen LogP contribution in [0.2, 0.25) is 0 Å². The van der Waals surface area contributed by atoms with E-state index in [9.17, 15) is 4.79 Å². The summed E-state index contributed by atoms with van der Waals surface area (Å²) < 4.78 is 0. The van der Waals surface area contributed by atoms with Gasteiger partial charge in [-0.25, -0.2) is 0 Å². The third-order valence-electron chi connectivity index (χ3n) is 3.99. The highest BCUT2D eigenvalue weighted by Gasteiger charge is 2.29. The lowest BCUT2D eigenvalue weighted by atomic mass is 9.96. The molecule has 0 radical (unpaired) electrons. The summed E-state index contributed by atoms with van der Waals surface area (Å²) in [5.41, 5.74) is 5.98. The van der Waals surface area contributed by atoms with Crippen LogP contribution in [0.4, 0.5) is 0 Å². The molecule has 1 unspecified atom stereocenters. The zero-order valence-electron chi connectivity index (χ0n) is 12.0. The minimum Gasteiger partial charge on any atom is -0.347 e. The van der Waals surface area contributed by atoms with E-state index in [1.165, 1.54) is 30.6 Å². The number of rotatable bonds is 7. The maximum Gasteiger partial charge on any atom is 0.237 e. The molecule has 2 atom stereocenters. The Kier molecular flexibility index (Phi) is 6.39. The zero-order valence-corrected chi connectivity index (χ0v) is 13.6. The average Bonchev–Trinajstić information content (AvgIpc) is 3.14. The maximum atomic E-state index is 12.3. The molecule has 0 aliphatic heterocycles. The van der Waals surface area contributed by atoms with Crippen molar-refractivity contribution in [1.82, 2.24) is 5.32 Å². The Morgan fingerprint density at radius 2 is 2.30 bits per heavy atom. The van der Waals surface area contributed by atoms with Crippen LogP contribution in [-0.4, -0.2) is 24.0 Å². The van der Waals surface area contributed by atoms with Crippen LogP contribution in [0.15, 0.2) is 17.5 Å². The summed E-state index contributed by atoms with van der Waals surface area (Å²) in [6.07, 6.45) is 7.76. The van der Waals surface area contributed by atoms with E-state index < -0.39 is 0 Å². The lowest BCUT2D eigenvalue weighted by molar-refractivity contribution is -0.123. The minimum atomic E-state index is -0.383. The van der Waals surface area contributed by atoms with Gasteiger partial charge in [0.2, 0.25) is 5.91 Å². The largest absolute Gasteiger partial charge is 0.347 e. The molecule has 20 heavy (non-hydrogen) atoms. The summed E-state index contributed by atoms with van der Waals surface area (Å²) in [5.74, 6) is 1.51. The van der Waals surface area contributed by atoms with Gasteiger partial charge < -0.3 is 11.1 Å². The van der Waals surface area contributed by atoms with Gasteiger partial charge in [-0.15, -0.1) is 11.3 Å². The fraction of sp³-hybridized carbons (Fsp3) is 0.667. The van der Waals surface area contributed by atoms with Gasteiger partial charge in [0, 0.05) is 4.88 Å². The molecule has 0 saturated heterocycles. The number of carbonyl (C=O) groups is 1. The lowest BCUT2D eigenvalue weighted by Crippen LogP contribution is -2.43. The molecule has 3 nitrogen and oxygen atoms in total. The Balaban J connectivity index is 1.98. The molecule has 0 bridgehead atoms.